The van der Waals surface area contributed by atoms with Crippen molar-refractivity contribution in [1.82, 2.24) is 5.32 Å². The number of thioether (sulfide) groups is 1. The van der Waals surface area contributed by atoms with Crippen molar-refractivity contribution < 1.29 is 14.3 Å². The zero-order chi connectivity index (χ0) is 20.8. The average Bonchev–Trinajstić information content (AvgIpc) is 3.07. The van der Waals surface area contributed by atoms with E-state index < -0.39 is 5.25 Å². The molecule has 3 rings (SSSR count). The molecule has 2 aromatic carbocycles. The SMILES string of the molecule is COc1ccc(C(C)=N/N=C2\NC(=O)C(CC(=O)Nc3ccc(Br)cc3)S2)cc1. The predicted octanol–water partition coefficient (Wildman–Crippen LogP) is 3.80. The van der Waals surface area contributed by atoms with Crippen LogP contribution in [0.2, 0.25) is 0 Å². The predicted molar refractivity (Wildman–Crippen MR) is 120 cm³/mol. The van der Waals surface area contributed by atoms with Crippen LogP contribution in [0, 0.1) is 0 Å². The maximum atomic E-state index is 12.2. The molecule has 29 heavy (non-hydrogen) atoms. The minimum Gasteiger partial charge on any atom is -0.497 e. The lowest BCUT2D eigenvalue weighted by atomic mass is 10.1. The van der Waals surface area contributed by atoms with Crippen molar-refractivity contribution >= 4 is 56.1 Å². The Kier molecular flexibility index (Phi) is 7.05. The highest BCUT2D eigenvalue weighted by Gasteiger charge is 2.32. The lowest BCUT2D eigenvalue weighted by molar-refractivity contribution is -0.122. The Bertz CT molecular complexity index is 959. The molecule has 1 aliphatic heterocycles. The van der Waals surface area contributed by atoms with Crippen LogP contribution in [0.25, 0.3) is 0 Å². The van der Waals surface area contributed by atoms with Crippen molar-refractivity contribution in [3.05, 3.63) is 58.6 Å². The quantitative estimate of drug-likeness (QED) is 0.491. The Hall–Kier alpha value is -2.65. The Morgan fingerprint density at radius 3 is 2.55 bits per heavy atom. The summed E-state index contributed by atoms with van der Waals surface area (Å²) in [5, 5.41) is 13.6. The van der Waals surface area contributed by atoms with Crippen LogP contribution in [-0.2, 0) is 9.59 Å². The zero-order valence-corrected chi connectivity index (χ0v) is 18.2. The monoisotopic (exact) mass is 474 g/mol. The summed E-state index contributed by atoms with van der Waals surface area (Å²) < 4.78 is 6.06. The summed E-state index contributed by atoms with van der Waals surface area (Å²) in [6.45, 7) is 1.83. The highest BCUT2D eigenvalue weighted by Crippen LogP contribution is 2.23. The Balaban J connectivity index is 1.58. The van der Waals surface area contributed by atoms with E-state index in [0.717, 1.165) is 15.8 Å². The van der Waals surface area contributed by atoms with E-state index in [2.05, 4.69) is 36.8 Å². The molecular weight excluding hydrogens is 456 g/mol. The van der Waals surface area contributed by atoms with Gasteiger partial charge in [0.2, 0.25) is 11.8 Å². The Morgan fingerprint density at radius 2 is 1.90 bits per heavy atom. The van der Waals surface area contributed by atoms with Crippen LogP contribution >= 0.6 is 27.7 Å². The minimum atomic E-state index is -0.541. The molecule has 1 aliphatic rings. The van der Waals surface area contributed by atoms with Crippen molar-refractivity contribution in [3.63, 3.8) is 0 Å². The molecule has 2 aromatic rings. The highest BCUT2D eigenvalue weighted by atomic mass is 79.9. The van der Waals surface area contributed by atoms with Gasteiger partial charge in [-0.25, -0.2) is 0 Å². The molecule has 150 valence electrons. The molecule has 0 aromatic heterocycles. The number of amidine groups is 1. The number of ether oxygens (including phenoxy) is 1. The largest absolute Gasteiger partial charge is 0.497 e. The number of nitrogens with zero attached hydrogens (tertiary/aromatic N) is 2. The third kappa shape index (κ3) is 5.91. The number of anilines is 1. The standard InChI is InChI=1S/C20H19BrN4O3S/c1-12(13-3-9-16(28-2)10-4-13)24-25-20-23-19(27)17(29-20)11-18(26)22-15-7-5-14(21)6-8-15/h3-10,17H,11H2,1-2H3,(H,22,26)(H,23,25,27). The van der Waals surface area contributed by atoms with Gasteiger partial charge in [0.25, 0.3) is 0 Å². The number of amides is 2. The van der Waals surface area contributed by atoms with Crippen LogP contribution in [0.1, 0.15) is 18.9 Å². The number of rotatable bonds is 6. The van der Waals surface area contributed by atoms with E-state index in [9.17, 15) is 9.59 Å². The Morgan fingerprint density at radius 1 is 1.21 bits per heavy atom. The second kappa shape index (κ2) is 9.71. The summed E-state index contributed by atoms with van der Waals surface area (Å²) in [5.41, 5.74) is 2.27. The topological polar surface area (TPSA) is 92.2 Å². The van der Waals surface area contributed by atoms with Gasteiger partial charge in [-0.2, -0.15) is 5.10 Å². The normalized spacial score (nSPS) is 17.9. The van der Waals surface area contributed by atoms with E-state index in [4.69, 9.17) is 4.74 Å². The van der Waals surface area contributed by atoms with Gasteiger partial charge >= 0.3 is 0 Å². The third-order valence-electron chi connectivity index (χ3n) is 4.07. The number of carbonyl (C=O) groups excluding carboxylic acids is 2. The molecule has 0 saturated carbocycles. The van der Waals surface area contributed by atoms with E-state index >= 15 is 0 Å². The Labute approximate surface area is 181 Å². The van der Waals surface area contributed by atoms with Crippen LogP contribution < -0.4 is 15.4 Å². The number of benzene rings is 2. The first-order valence-electron chi connectivity index (χ1n) is 8.74. The number of carbonyl (C=O) groups is 2. The van der Waals surface area contributed by atoms with Gasteiger partial charge in [0.05, 0.1) is 12.8 Å². The number of hydrogen-bond acceptors (Lipinski definition) is 6. The lowest BCUT2D eigenvalue weighted by Crippen LogP contribution is -2.28. The first kappa shape index (κ1) is 21.1. The van der Waals surface area contributed by atoms with Crippen LogP contribution in [0.3, 0.4) is 0 Å². The second-order valence-corrected chi connectivity index (χ2v) is 8.28. The zero-order valence-electron chi connectivity index (χ0n) is 15.8. The smallest absolute Gasteiger partial charge is 0.240 e. The number of hydrogen-bond donors (Lipinski definition) is 2. The minimum absolute atomic E-state index is 0.0484. The molecule has 9 heteroatoms. The molecule has 0 radical (unpaired) electrons. The fourth-order valence-corrected chi connectivity index (χ4v) is 3.69. The van der Waals surface area contributed by atoms with Gasteiger partial charge in [-0.1, -0.05) is 27.7 Å². The van der Waals surface area contributed by atoms with Crippen molar-refractivity contribution in [2.24, 2.45) is 10.2 Å². The summed E-state index contributed by atoms with van der Waals surface area (Å²) in [4.78, 5) is 24.4. The third-order valence-corrected chi connectivity index (χ3v) is 5.67. The van der Waals surface area contributed by atoms with E-state index in [1.54, 1.807) is 19.2 Å². The van der Waals surface area contributed by atoms with Crippen LogP contribution in [0.15, 0.2) is 63.2 Å². The molecule has 2 amide bonds. The molecule has 7 nitrogen and oxygen atoms in total. The molecular formula is C20H19BrN4O3S. The second-order valence-electron chi connectivity index (χ2n) is 6.17. The van der Waals surface area contributed by atoms with Gasteiger partial charge in [0.15, 0.2) is 5.17 Å². The summed E-state index contributed by atoms with van der Waals surface area (Å²) in [6, 6.07) is 14.7. The van der Waals surface area contributed by atoms with Gasteiger partial charge in [-0.15, -0.1) is 5.10 Å². The van der Waals surface area contributed by atoms with E-state index in [1.807, 2.05) is 43.3 Å². The maximum Gasteiger partial charge on any atom is 0.240 e. The van der Waals surface area contributed by atoms with Crippen molar-refractivity contribution in [3.8, 4) is 5.75 Å². The molecule has 0 aliphatic carbocycles. The lowest BCUT2D eigenvalue weighted by Gasteiger charge is -2.07. The molecule has 1 heterocycles. The van der Waals surface area contributed by atoms with Crippen LogP contribution in [-0.4, -0.2) is 35.1 Å². The van der Waals surface area contributed by atoms with Crippen molar-refractivity contribution in [2.45, 2.75) is 18.6 Å². The average molecular weight is 475 g/mol. The van der Waals surface area contributed by atoms with Crippen LogP contribution in [0.5, 0.6) is 5.75 Å². The molecule has 2 N–H and O–H groups in total. The molecule has 1 saturated heterocycles. The molecule has 1 unspecified atom stereocenters. The molecule has 1 fully saturated rings. The summed E-state index contributed by atoms with van der Waals surface area (Å²) in [7, 11) is 1.61. The first-order chi connectivity index (χ1) is 13.9. The van der Waals surface area contributed by atoms with Gasteiger partial charge in [0.1, 0.15) is 11.0 Å². The molecule has 0 spiro atoms. The molecule has 1 atom stereocenters. The number of nitrogens with one attached hydrogen (secondary N) is 2. The maximum absolute atomic E-state index is 12.2. The van der Waals surface area contributed by atoms with Crippen molar-refractivity contribution in [2.75, 3.05) is 12.4 Å². The van der Waals surface area contributed by atoms with Crippen LogP contribution in [0.4, 0.5) is 5.69 Å². The highest BCUT2D eigenvalue weighted by molar-refractivity contribution is 9.10. The van der Waals surface area contributed by atoms with Gasteiger partial charge in [-0.3, -0.25) is 9.59 Å². The van der Waals surface area contributed by atoms with Gasteiger partial charge < -0.3 is 15.4 Å². The molecule has 0 bridgehead atoms. The number of methoxy groups -OCH3 is 1. The van der Waals surface area contributed by atoms with Crippen molar-refractivity contribution in [1.29, 1.82) is 0 Å². The van der Waals surface area contributed by atoms with Gasteiger partial charge in [0, 0.05) is 16.6 Å². The summed E-state index contributed by atoms with van der Waals surface area (Å²) >= 11 is 4.54. The van der Waals surface area contributed by atoms with E-state index in [0.29, 0.717) is 16.6 Å². The number of halogens is 1. The fourth-order valence-electron chi connectivity index (χ4n) is 2.51. The fraction of sp³-hybridized carbons (Fsp3) is 0.200. The van der Waals surface area contributed by atoms with E-state index in [1.165, 1.54) is 11.8 Å². The van der Waals surface area contributed by atoms with E-state index in [-0.39, 0.29) is 18.2 Å². The summed E-state index contributed by atoms with van der Waals surface area (Å²) in [5.74, 6) is 0.270. The van der Waals surface area contributed by atoms with Gasteiger partial charge in [-0.05, 0) is 61.0 Å². The summed E-state index contributed by atoms with van der Waals surface area (Å²) in [6.07, 6.45) is 0.0484. The first-order valence-corrected chi connectivity index (χ1v) is 10.4.